The topological polar surface area (TPSA) is 85.5 Å². The Kier molecular flexibility index (Phi) is 6.79. The highest BCUT2D eigenvalue weighted by molar-refractivity contribution is 7.20. The normalized spacial score (nSPS) is 23.8. The van der Waals surface area contributed by atoms with E-state index in [1.165, 1.54) is 17.4 Å². The molecule has 0 spiro atoms. The molecule has 0 unspecified atom stereocenters. The molecule has 2 aromatic heterocycles. The van der Waals surface area contributed by atoms with Crippen molar-refractivity contribution in [3.8, 4) is 16.5 Å². The van der Waals surface area contributed by atoms with Gasteiger partial charge in [-0.25, -0.2) is 9.18 Å². The molecule has 4 aliphatic carbocycles. The Bertz CT molecular complexity index is 1620. The van der Waals surface area contributed by atoms with Gasteiger partial charge in [0, 0.05) is 22.5 Å². The van der Waals surface area contributed by atoms with E-state index in [0.29, 0.717) is 32.5 Å². The fourth-order valence-electron chi connectivity index (χ4n) is 6.84. The first-order valence-corrected chi connectivity index (χ1v) is 15.7. The van der Waals surface area contributed by atoms with Crippen molar-refractivity contribution in [2.24, 2.45) is 10.8 Å². The molecule has 2 bridgehead atoms. The third kappa shape index (κ3) is 5.02. The van der Waals surface area contributed by atoms with E-state index in [-0.39, 0.29) is 21.9 Å². The minimum absolute atomic E-state index is 0.0859. The number of halogens is 3. The molecular formula is C31H29Cl2FN2O4S. The van der Waals surface area contributed by atoms with Gasteiger partial charge in [-0.3, -0.25) is 0 Å². The van der Waals surface area contributed by atoms with Gasteiger partial charge < -0.3 is 14.4 Å². The lowest BCUT2D eigenvalue weighted by molar-refractivity contribution is -0.0397. The molecule has 4 aliphatic rings. The van der Waals surface area contributed by atoms with E-state index in [1.54, 1.807) is 0 Å². The summed E-state index contributed by atoms with van der Waals surface area (Å²) < 4.78 is 26.9. The van der Waals surface area contributed by atoms with Crippen LogP contribution in [0.25, 0.3) is 21.5 Å². The first-order chi connectivity index (χ1) is 19.7. The Morgan fingerprint density at radius 3 is 2.44 bits per heavy atom. The van der Waals surface area contributed by atoms with Crippen LogP contribution in [0.5, 0.6) is 5.19 Å². The zero-order chi connectivity index (χ0) is 28.4. The lowest BCUT2D eigenvalue weighted by Crippen LogP contribution is -2.44. The first-order valence-electron chi connectivity index (χ1n) is 14.1. The molecule has 2 aromatic carbocycles. The highest BCUT2D eigenvalue weighted by Crippen LogP contribution is 2.59. The van der Waals surface area contributed by atoms with E-state index in [4.69, 9.17) is 32.5 Å². The fraction of sp³-hybridized carbons (Fsp3) is 0.452. The summed E-state index contributed by atoms with van der Waals surface area (Å²) in [5, 5.41) is 15.3. The second-order valence-corrected chi connectivity index (χ2v) is 13.9. The molecule has 1 N–H and O–H groups in total. The summed E-state index contributed by atoms with van der Waals surface area (Å²) in [6.07, 6.45) is 10.9. The van der Waals surface area contributed by atoms with Crippen molar-refractivity contribution in [2.75, 3.05) is 6.61 Å². The maximum Gasteiger partial charge on any atom is 0.335 e. The highest BCUT2D eigenvalue weighted by atomic mass is 35.5. The summed E-state index contributed by atoms with van der Waals surface area (Å²) in [5.41, 5.74) is 3.17. The summed E-state index contributed by atoms with van der Waals surface area (Å²) in [4.78, 5) is 15.6. The quantitative estimate of drug-likeness (QED) is 0.202. The van der Waals surface area contributed by atoms with Gasteiger partial charge in [-0.15, -0.1) is 0 Å². The van der Waals surface area contributed by atoms with Crippen LogP contribution >= 0.6 is 34.5 Å². The lowest BCUT2D eigenvalue weighted by Gasteiger charge is -2.53. The van der Waals surface area contributed by atoms with Gasteiger partial charge in [0.25, 0.3) is 5.19 Å². The second-order valence-electron chi connectivity index (χ2n) is 12.1. The molecule has 214 valence electrons. The average Bonchev–Trinajstić information content (AvgIpc) is 3.58. The number of fused-ring (bicyclic) bond motifs is 4. The van der Waals surface area contributed by atoms with Crippen molar-refractivity contribution in [3.05, 3.63) is 63.1 Å². The van der Waals surface area contributed by atoms with E-state index < -0.39 is 11.8 Å². The first kappa shape index (κ1) is 27.2. The van der Waals surface area contributed by atoms with Crippen molar-refractivity contribution >= 4 is 50.7 Å². The van der Waals surface area contributed by atoms with Crippen LogP contribution < -0.4 is 4.74 Å². The number of thiazole rings is 1. The van der Waals surface area contributed by atoms with E-state index in [0.717, 1.165) is 92.9 Å². The maximum absolute atomic E-state index is 14.4. The molecule has 4 aromatic rings. The van der Waals surface area contributed by atoms with E-state index in [9.17, 15) is 14.3 Å². The third-order valence-corrected chi connectivity index (χ3v) is 11.2. The number of carbonyl (C=O) groups is 1. The second kappa shape index (κ2) is 10.2. The molecule has 0 amide bonds. The number of nitrogens with zero attached hydrogens (tertiary/aromatic N) is 2. The lowest BCUT2D eigenvalue weighted by atomic mass is 9.52. The minimum Gasteiger partial charge on any atom is -0.478 e. The Labute approximate surface area is 250 Å². The molecule has 6 nitrogen and oxygen atoms in total. The molecular weight excluding hydrogens is 586 g/mol. The summed E-state index contributed by atoms with van der Waals surface area (Å²) in [7, 11) is 0. The summed E-state index contributed by atoms with van der Waals surface area (Å²) in [5.74, 6) is -0.351. The number of rotatable bonds is 9. The number of carboxylic acid groups (broad SMARTS) is 1. The average molecular weight is 616 g/mol. The summed E-state index contributed by atoms with van der Waals surface area (Å²) in [6.45, 7) is 0.545. The van der Waals surface area contributed by atoms with E-state index in [2.05, 4.69) is 10.1 Å². The van der Waals surface area contributed by atoms with Crippen LogP contribution in [0.4, 0.5) is 4.39 Å². The molecule has 8 rings (SSSR count). The van der Waals surface area contributed by atoms with Crippen molar-refractivity contribution < 1.29 is 23.6 Å². The van der Waals surface area contributed by atoms with E-state index in [1.807, 2.05) is 18.2 Å². The van der Waals surface area contributed by atoms with Gasteiger partial charge >= 0.3 is 5.97 Å². The van der Waals surface area contributed by atoms with Crippen molar-refractivity contribution in [3.63, 3.8) is 0 Å². The van der Waals surface area contributed by atoms with Gasteiger partial charge in [0.2, 0.25) is 0 Å². The number of ether oxygens (including phenoxy) is 1. The zero-order valence-electron chi connectivity index (χ0n) is 22.4. The van der Waals surface area contributed by atoms with Crippen LogP contribution in [0, 0.1) is 16.6 Å². The number of hydrogen-bond acceptors (Lipinski definition) is 6. The standard InChI is InChI=1S/C31H29Cl2FN2O4S/c32-20-2-1-3-21(33)24(20)25-19(27(40-36-25)17-4-5-17)6-7-30-8-11-31(12-9-30,13-10-30)16-39-29-35-26-22(34)14-18(28(37)38)15-23(26)41-29/h1-3,14-15,17H,4-13,16H2,(H,37,38). The van der Waals surface area contributed by atoms with Crippen LogP contribution in [0.1, 0.15) is 85.4 Å². The third-order valence-electron chi connectivity index (χ3n) is 9.61. The zero-order valence-corrected chi connectivity index (χ0v) is 24.7. The van der Waals surface area contributed by atoms with Crippen LogP contribution in [-0.2, 0) is 6.42 Å². The Hall–Kier alpha value is -2.68. The molecule has 10 heteroatoms. The largest absolute Gasteiger partial charge is 0.478 e. The molecule has 0 radical (unpaired) electrons. The van der Waals surface area contributed by atoms with Gasteiger partial charge in [0.15, 0.2) is 5.82 Å². The predicted octanol–water partition coefficient (Wildman–Crippen LogP) is 9.32. The molecule has 0 atom stereocenters. The van der Waals surface area contributed by atoms with E-state index >= 15 is 0 Å². The van der Waals surface area contributed by atoms with Gasteiger partial charge in [-0.2, -0.15) is 4.98 Å². The number of benzene rings is 2. The smallest absolute Gasteiger partial charge is 0.335 e. The SMILES string of the molecule is O=C(O)c1cc(F)c2nc(OCC34CCC(CCc5c(-c6c(Cl)cccc6Cl)noc5C5CC5)(CC3)CC4)sc2c1. The van der Waals surface area contributed by atoms with Crippen LogP contribution in [0.2, 0.25) is 10.0 Å². The summed E-state index contributed by atoms with van der Waals surface area (Å²) in [6, 6.07) is 8.00. The van der Waals surface area contributed by atoms with Crippen LogP contribution in [0.15, 0.2) is 34.9 Å². The van der Waals surface area contributed by atoms with Crippen molar-refractivity contribution in [1.29, 1.82) is 0 Å². The Morgan fingerprint density at radius 2 is 1.78 bits per heavy atom. The van der Waals surface area contributed by atoms with Crippen molar-refractivity contribution in [1.82, 2.24) is 10.1 Å². The van der Waals surface area contributed by atoms with Gasteiger partial charge in [-0.1, -0.05) is 45.8 Å². The highest BCUT2D eigenvalue weighted by Gasteiger charge is 2.49. The fourth-order valence-corrected chi connectivity index (χ4v) is 8.29. The number of carboxylic acids is 1. The molecule has 2 heterocycles. The Morgan fingerprint density at radius 1 is 1.10 bits per heavy atom. The number of hydrogen-bond donors (Lipinski definition) is 1. The molecule has 4 fully saturated rings. The summed E-state index contributed by atoms with van der Waals surface area (Å²) >= 11 is 14.3. The predicted molar refractivity (Wildman–Crippen MR) is 157 cm³/mol. The minimum atomic E-state index is -1.16. The molecule has 41 heavy (non-hydrogen) atoms. The van der Waals surface area contributed by atoms with Gasteiger partial charge in [0.05, 0.1) is 26.9 Å². The van der Waals surface area contributed by atoms with Crippen LogP contribution in [0.3, 0.4) is 0 Å². The maximum atomic E-state index is 14.4. The molecule has 4 saturated carbocycles. The van der Waals surface area contributed by atoms with Crippen molar-refractivity contribution in [2.45, 2.75) is 70.1 Å². The Balaban J connectivity index is 1.03. The monoisotopic (exact) mass is 614 g/mol. The number of aromatic carboxylic acids is 1. The van der Waals surface area contributed by atoms with Crippen LogP contribution in [-0.4, -0.2) is 27.8 Å². The number of aromatic nitrogens is 2. The molecule has 0 aliphatic heterocycles. The van der Waals surface area contributed by atoms with Gasteiger partial charge in [-0.05, 0) is 93.9 Å². The molecule has 0 saturated heterocycles. The van der Waals surface area contributed by atoms with Gasteiger partial charge in [0.1, 0.15) is 17.0 Å².